The van der Waals surface area contributed by atoms with Gasteiger partial charge in [0.2, 0.25) is 0 Å². The van der Waals surface area contributed by atoms with E-state index in [-0.39, 0.29) is 12.3 Å². The number of aliphatic carboxylic acids is 1. The van der Waals surface area contributed by atoms with E-state index in [9.17, 15) is 9.90 Å². The van der Waals surface area contributed by atoms with Crippen LogP contribution >= 0.6 is 0 Å². The molecule has 0 bridgehead atoms. The first-order chi connectivity index (χ1) is 11.0. The maximum atomic E-state index is 11.4. The van der Waals surface area contributed by atoms with Crippen LogP contribution < -0.4 is 0 Å². The number of benzene rings is 1. The van der Waals surface area contributed by atoms with Crippen LogP contribution in [0.4, 0.5) is 0 Å². The van der Waals surface area contributed by atoms with E-state index in [0.717, 1.165) is 57.4 Å². The molecule has 1 aliphatic rings. The number of fused-ring (bicyclic) bond motifs is 2. The van der Waals surface area contributed by atoms with Gasteiger partial charge in [-0.05, 0) is 51.7 Å². The lowest BCUT2D eigenvalue weighted by molar-refractivity contribution is -0.137. The second-order valence-corrected chi connectivity index (χ2v) is 6.78. The van der Waals surface area contributed by atoms with Crippen LogP contribution in [0.3, 0.4) is 0 Å². The number of hydrogen-bond donors (Lipinski definition) is 1. The lowest BCUT2D eigenvalue weighted by Gasteiger charge is -2.17. The smallest absolute Gasteiger partial charge is 0.303 e. The largest absolute Gasteiger partial charge is 0.481 e. The Bertz CT molecular complexity index is 866. The third-order valence-corrected chi connectivity index (χ3v) is 4.95. The Balaban J connectivity index is 2.08. The van der Waals surface area contributed by atoms with Gasteiger partial charge >= 0.3 is 5.97 Å². The molecule has 1 saturated carbocycles. The molecule has 3 aromatic rings. The lowest BCUT2D eigenvalue weighted by atomic mass is 9.86. The van der Waals surface area contributed by atoms with E-state index in [2.05, 4.69) is 0 Å². The van der Waals surface area contributed by atoms with Crippen molar-refractivity contribution in [2.75, 3.05) is 0 Å². The molecule has 1 aliphatic carbocycles. The van der Waals surface area contributed by atoms with Gasteiger partial charge in [0.05, 0.1) is 6.42 Å². The molecule has 0 radical (unpaired) electrons. The van der Waals surface area contributed by atoms with Gasteiger partial charge in [-0.3, -0.25) is 4.79 Å². The van der Waals surface area contributed by atoms with Crippen molar-refractivity contribution in [1.82, 2.24) is 0 Å². The van der Waals surface area contributed by atoms with E-state index >= 15 is 0 Å². The highest BCUT2D eigenvalue weighted by atomic mass is 16.4. The summed E-state index contributed by atoms with van der Waals surface area (Å²) in [6, 6.07) is 4.04. The fourth-order valence-electron chi connectivity index (χ4n) is 3.79. The Labute approximate surface area is 134 Å². The maximum absolute atomic E-state index is 11.4. The molecule has 4 heteroatoms. The molecule has 1 aromatic carbocycles. The van der Waals surface area contributed by atoms with Crippen LogP contribution in [0, 0.1) is 26.7 Å². The van der Waals surface area contributed by atoms with Gasteiger partial charge in [0.25, 0.3) is 0 Å². The zero-order valence-corrected chi connectivity index (χ0v) is 13.6. The topological polar surface area (TPSA) is 63.6 Å². The first-order valence-corrected chi connectivity index (χ1v) is 8.10. The standard InChI is InChI=1S/C19H20O4/c1-9-6-13-11(3)18-15(7-10(2)22-18)17(19(13)23-9)14(8-16(20)21)12-4-5-12/h6-7,12,14H,4-5,8H2,1-3H3,(H,20,21). The summed E-state index contributed by atoms with van der Waals surface area (Å²) in [4.78, 5) is 11.4. The minimum absolute atomic E-state index is 0.0133. The third kappa shape index (κ3) is 2.24. The molecule has 0 aliphatic heterocycles. The number of hydrogen-bond acceptors (Lipinski definition) is 3. The van der Waals surface area contributed by atoms with Crippen LogP contribution in [0.1, 0.15) is 47.8 Å². The SMILES string of the molecule is Cc1cc2c(C(CC(=O)O)C3CC3)c3oc(C)cc3c(C)c2o1. The Kier molecular flexibility index (Phi) is 3.05. The molecular formula is C19H20O4. The van der Waals surface area contributed by atoms with Crippen LogP contribution in [0.15, 0.2) is 21.0 Å². The second kappa shape index (κ2) is 4.88. The molecule has 2 aromatic heterocycles. The van der Waals surface area contributed by atoms with Crippen molar-refractivity contribution in [3.05, 3.63) is 34.8 Å². The van der Waals surface area contributed by atoms with Crippen molar-refractivity contribution in [3.8, 4) is 0 Å². The molecule has 120 valence electrons. The van der Waals surface area contributed by atoms with E-state index in [4.69, 9.17) is 8.83 Å². The number of carbonyl (C=O) groups is 1. The molecule has 0 spiro atoms. The molecule has 1 fully saturated rings. The van der Waals surface area contributed by atoms with E-state index in [1.807, 2.05) is 32.9 Å². The van der Waals surface area contributed by atoms with E-state index < -0.39 is 5.97 Å². The average molecular weight is 312 g/mol. The van der Waals surface area contributed by atoms with Crippen molar-refractivity contribution in [3.63, 3.8) is 0 Å². The zero-order valence-electron chi connectivity index (χ0n) is 13.6. The van der Waals surface area contributed by atoms with Crippen molar-refractivity contribution < 1.29 is 18.7 Å². The second-order valence-electron chi connectivity index (χ2n) is 6.78. The summed E-state index contributed by atoms with van der Waals surface area (Å²) < 4.78 is 11.9. The lowest BCUT2D eigenvalue weighted by Crippen LogP contribution is -2.09. The predicted octanol–water partition coefficient (Wildman–Crippen LogP) is 5.07. The highest BCUT2D eigenvalue weighted by molar-refractivity contribution is 6.02. The molecule has 1 atom stereocenters. The quantitative estimate of drug-likeness (QED) is 0.730. The number of rotatable bonds is 4. The van der Waals surface area contributed by atoms with Crippen LogP contribution in [-0.4, -0.2) is 11.1 Å². The third-order valence-electron chi connectivity index (χ3n) is 4.95. The minimum atomic E-state index is -0.757. The number of furan rings is 2. The molecule has 2 heterocycles. The van der Waals surface area contributed by atoms with Crippen molar-refractivity contribution in [2.24, 2.45) is 5.92 Å². The van der Waals surface area contributed by atoms with Gasteiger partial charge in [0.15, 0.2) is 0 Å². The van der Waals surface area contributed by atoms with Crippen molar-refractivity contribution >= 4 is 27.9 Å². The number of aryl methyl sites for hydroxylation is 3. The summed E-state index contributed by atoms with van der Waals surface area (Å²) in [5, 5.41) is 11.4. The molecule has 1 unspecified atom stereocenters. The van der Waals surface area contributed by atoms with Gasteiger partial charge in [-0.15, -0.1) is 0 Å². The minimum Gasteiger partial charge on any atom is -0.481 e. The van der Waals surface area contributed by atoms with Crippen LogP contribution in [0.2, 0.25) is 0 Å². The summed E-state index contributed by atoms with van der Waals surface area (Å²) in [5.74, 6) is 1.35. The molecule has 23 heavy (non-hydrogen) atoms. The monoisotopic (exact) mass is 312 g/mol. The van der Waals surface area contributed by atoms with Gasteiger partial charge in [0.1, 0.15) is 22.7 Å². The van der Waals surface area contributed by atoms with E-state index in [1.54, 1.807) is 0 Å². The molecule has 0 amide bonds. The van der Waals surface area contributed by atoms with Gasteiger partial charge < -0.3 is 13.9 Å². The first-order valence-electron chi connectivity index (χ1n) is 8.10. The normalized spacial score (nSPS) is 16.3. The molecule has 0 saturated heterocycles. The zero-order chi connectivity index (χ0) is 16.3. The fraction of sp³-hybridized carbons (Fsp3) is 0.421. The maximum Gasteiger partial charge on any atom is 0.303 e. The summed E-state index contributed by atoms with van der Waals surface area (Å²) >= 11 is 0. The Morgan fingerprint density at radius 1 is 1.13 bits per heavy atom. The predicted molar refractivity (Wildman–Crippen MR) is 87.9 cm³/mol. The van der Waals surface area contributed by atoms with Gasteiger partial charge in [-0.1, -0.05) is 0 Å². The number of carboxylic acids is 1. The first kappa shape index (κ1) is 14.4. The molecule has 4 rings (SSSR count). The van der Waals surface area contributed by atoms with E-state index in [0.29, 0.717) is 5.92 Å². The molecule has 1 N–H and O–H groups in total. The van der Waals surface area contributed by atoms with E-state index in [1.165, 1.54) is 0 Å². The highest BCUT2D eigenvalue weighted by Gasteiger charge is 2.37. The summed E-state index contributed by atoms with van der Waals surface area (Å²) in [6.45, 7) is 5.90. The molecule has 4 nitrogen and oxygen atoms in total. The van der Waals surface area contributed by atoms with Gasteiger partial charge in [-0.2, -0.15) is 0 Å². The summed E-state index contributed by atoms with van der Waals surface area (Å²) in [6.07, 6.45) is 2.32. The van der Waals surface area contributed by atoms with Crippen LogP contribution in [0.5, 0.6) is 0 Å². The highest BCUT2D eigenvalue weighted by Crippen LogP contribution is 2.50. The van der Waals surface area contributed by atoms with Crippen LogP contribution in [0.25, 0.3) is 21.9 Å². The molecular weight excluding hydrogens is 292 g/mol. The summed E-state index contributed by atoms with van der Waals surface area (Å²) in [7, 11) is 0. The Hall–Kier alpha value is -2.23. The Morgan fingerprint density at radius 2 is 1.74 bits per heavy atom. The van der Waals surface area contributed by atoms with Crippen LogP contribution in [-0.2, 0) is 4.79 Å². The average Bonchev–Trinajstić information content (AvgIpc) is 3.14. The van der Waals surface area contributed by atoms with Gasteiger partial charge in [-0.25, -0.2) is 0 Å². The Morgan fingerprint density at radius 3 is 2.35 bits per heavy atom. The summed E-state index contributed by atoms with van der Waals surface area (Å²) in [5.41, 5.74) is 3.79. The fourth-order valence-corrected chi connectivity index (χ4v) is 3.79. The van der Waals surface area contributed by atoms with Crippen molar-refractivity contribution in [2.45, 2.75) is 46.0 Å². The van der Waals surface area contributed by atoms with Crippen molar-refractivity contribution in [1.29, 1.82) is 0 Å². The van der Waals surface area contributed by atoms with Gasteiger partial charge in [0, 0.05) is 27.8 Å². The number of carboxylic acid groups (broad SMARTS) is 1.